The summed E-state index contributed by atoms with van der Waals surface area (Å²) in [4.78, 5) is 2.10. The van der Waals surface area contributed by atoms with Crippen LogP contribution in [-0.4, -0.2) is 20.7 Å². The van der Waals surface area contributed by atoms with Crippen molar-refractivity contribution < 1.29 is 4.74 Å². The number of hydrogen-bond donors (Lipinski definition) is 2. The van der Waals surface area contributed by atoms with Crippen molar-refractivity contribution in [1.82, 2.24) is 0 Å². The summed E-state index contributed by atoms with van der Waals surface area (Å²) in [5.41, 5.74) is 4.98. The van der Waals surface area contributed by atoms with Crippen molar-refractivity contribution in [3.63, 3.8) is 0 Å². The third kappa shape index (κ3) is 5.32. The van der Waals surface area contributed by atoms with E-state index in [2.05, 4.69) is 78.3 Å². The number of nitrogens with zero attached hydrogens (tertiary/aromatic N) is 1. The van der Waals surface area contributed by atoms with Gasteiger partial charge in [0.25, 0.3) is 0 Å². The van der Waals surface area contributed by atoms with Crippen LogP contribution in [0, 0.1) is 0 Å². The molecular formula is C27H33N3O. The highest BCUT2D eigenvalue weighted by molar-refractivity contribution is 5.81. The Labute approximate surface area is 185 Å². The summed E-state index contributed by atoms with van der Waals surface area (Å²) in [5.74, 6) is 0.962. The summed E-state index contributed by atoms with van der Waals surface area (Å²) in [6.07, 6.45) is 17.7. The average molecular weight is 416 g/mol. The van der Waals surface area contributed by atoms with Gasteiger partial charge in [-0.05, 0) is 49.1 Å². The molecule has 2 aliphatic rings. The van der Waals surface area contributed by atoms with Crippen molar-refractivity contribution in [3.8, 4) is 5.75 Å². The van der Waals surface area contributed by atoms with Crippen LogP contribution >= 0.6 is 0 Å². The first kappa shape index (κ1) is 21.1. The molecule has 4 nitrogen and oxygen atoms in total. The van der Waals surface area contributed by atoms with Crippen LogP contribution in [0.25, 0.3) is 11.6 Å². The van der Waals surface area contributed by atoms with Crippen LogP contribution in [0.2, 0.25) is 0 Å². The van der Waals surface area contributed by atoms with Gasteiger partial charge < -0.3 is 20.3 Å². The second kappa shape index (κ2) is 10.3. The zero-order valence-corrected chi connectivity index (χ0v) is 18.7. The number of unbranched alkanes of at least 4 members (excludes halogenated alkanes) is 4. The first-order chi connectivity index (χ1) is 15.2. The van der Waals surface area contributed by atoms with Gasteiger partial charge in [0, 0.05) is 48.7 Å². The zero-order chi connectivity index (χ0) is 21.5. The molecule has 2 aromatic rings. The highest BCUT2D eigenvalue weighted by Gasteiger charge is 2.11. The van der Waals surface area contributed by atoms with Crippen LogP contribution in [0.3, 0.4) is 0 Å². The SMILES string of the molecule is CN(C)c1cccc(OCCCCCCCC2=c3ccc4c(c3NC=C2)NC=CC=4)c1. The Hall–Kier alpha value is -3.14. The molecule has 0 bridgehead atoms. The molecule has 0 spiro atoms. The van der Waals surface area contributed by atoms with Gasteiger partial charge in [-0.15, -0.1) is 0 Å². The Morgan fingerprint density at radius 1 is 0.871 bits per heavy atom. The minimum Gasteiger partial charge on any atom is -0.494 e. The molecule has 0 saturated heterocycles. The van der Waals surface area contributed by atoms with E-state index in [1.807, 2.05) is 18.3 Å². The highest BCUT2D eigenvalue weighted by atomic mass is 16.5. The first-order valence-electron chi connectivity index (χ1n) is 11.4. The number of rotatable bonds is 10. The second-order valence-electron chi connectivity index (χ2n) is 8.38. The van der Waals surface area contributed by atoms with Gasteiger partial charge in [0.15, 0.2) is 0 Å². The minimum atomic E-state index is 0.791. The molecule has 4 rings (SSSR count). The van der Waals surface area contributed by atoms with Gasteiger partial charge in [-0.3, -0.25) is 0 Å². The maximum atomic E-state index is 5.92. The molecule has 0 saturated carbocycles. The molecular weight excluding hydrogens is 382 g/mol. The number of fused-ring (bicyclic) bond motifs is 3. The number of anilines is 3. The summed E-state index contributed by atoms with van der Waals surface area (Å²) in [5, 5.41) is 9.39. The van der Waals surface area contributed by atoms with Crippen LogP contribution in [-0.2, 0) is 0 Å². The van der Waals surface area contributed by atoms with Crippen molar-refractivity contribution in [2.24, 2.45) is 0 Å². The maximum absolute atomic E-state index is 5.92. The van der Waals surface area contributed by atoms with E-state index in [0.717, 1.165) is 25.2 Å². The van der Waals surface area contributed by atoms with E-state index < -0.39 is 0 Å². The van der Waals surface area contributed by atoms with Gasteiger partial charge in [0.05, 0.1) is 18.0 Å². The number of allylic oxidation sites excluding steroid dienone is 2. The molecule has 2 N–H and O–H groups in total. The lowest BCUT2D eigenvalue weighted by atomic mass is 9.99. The monoisotopic (exact) mass is 415 g/mol. The second-order valence-corrected chi connectivity index (χ2v) is 8.38. The zero-order valence-electron chi connectivity index (χ0n) is 18.7. The summed E-state index contributed by atoms with van der Waals surface area (Å²) >= 11 is 0. The number of ether oxygens (including phenoxy) is 1. The highest BCUT2D eigenvalue weighted by Crippen LogP contribution is 2.22. The van der Waals surface area contributed by atoms with Gasteiger partial charge in [-0.1, -0.05) is 43.5 Å². The van der Waals surface area contributed by atoms with Crippen molar-refractivity contribution in [3.05, 3.63) is 71.4 Å². The summed E-state index contributed by atoms with van der Waals surface area (Å²) in [7, 11) is 4.10. The molecule has 2 heterocycles. The fourth-order valence-corrected chi connectivity index (χ4v) is 4.14. The third-order valence-electron chi connectivity index (χ3n) is 5.89. The quantitative estimate of drug-likeness (QED) is 0.537. The maximum Gasteiger partial charge on any atom is 0.121 e. The van der Waals surface area contributed by atoms with Crippen LogP contribution in [0.4, 0.5) is 17.1 Å². The lowest BCUT2D eigenvalue weighted by Gasteiger charge is -2.18. The largest absolute Gasteiger partial charge is 0.494 e. The topological polar surface area (TPSA) is 36.5 Å². The molecule has 0 radical (unpaired) electrons. The van der Waals surface area contributed by atoms with Gasteiger partial charge in [-0.25, -0.2) is 0 Å². The molecule has 0 amide bonds. The Morgan fingerprint density at radius 2 is 1.71 bits per heavy atom. The van der Waals surface area contributed by atoms with E-state index in [9.17, 15) is 0 Å². The smallest absolute Gasteiger partial charge is 0.121 e. The fourth-order valence-electron chi connectivity index (χ4n) is 4.14. The number of nitrogens with one attached hydrogen (secondary N) is 2. The molecule has 2 aliphatic heterocycles. The van der Waals surface area contributed by atoms with E-state index in [-0.39, 0.29) is 0 Å². The van der Waals surface area contributed by atoms with E-state index in [4.69, 9.17) is 4.74 Å². The summed E-state index contributed by atoms with van der Waals surface area (Å²) < 4.78 is 5.92. The predicted octanol–water partition coefficient (Wildman–Crippen LogP) is 4.98. The van der Waals surface area contributed by atoms with Crippen LogP contribution in [0.1, 0.15) is 38.5 Å². The molecule has 0 aromatic heterocycles. The van der Waals surface area contributed by atoms with Crippen molar-refractivity contribution in [2.45, 2.75) is 38.5 Å². The molecule has 4 heteroatoms. The van der Waals surface area contributed by atoms with Gasteiger partial charge in [0.1, 0.15) is 5.75 Å². The molecule has 2 aromatic carbocycles. The molecule has 0 unspecified atom stereocenters. The standard InChI is InChI=1S/C27H33N3O/c1-30(2)23-12-8-13-24(20-23)31-19-7-5-3-4-6-10-21-16-18-29-27-25(21)15-14-22-11-9-17-28-26(22)27/h8-9,11-18,20,28-29H,3-7,10,19H2,1-2H3. The molecule has 162 valence electrons. The first-order valence-corrected chi connectivity index (χ1v) is 11.4. The number of benzene rings is 2. The van der Waals surface area contributed by atoms with E-state index >= 15 is 0 Å². The van der Waals surface area contributed by atoms with Gasteiger partial charge in [0.2, 0.25) is 0 Å². The Bertz CT molecular complexity index is 1080. The summed E-state index contributed by atoms with van der Waals surface area (Å²) in [6, 6.07) is 12.7. The van der Waals surface area contributed by atoms with Crippen molar-refractivity contribution >= 4 is 28.7 Å². The van der Waals surface area contributed by atoms with Crippen LogP contribution in [0.5, 0.6) is 5.75 Å². The predicted molar refractivity (Wildman–Crippen MR) is 133 cm³/mol. The number of hydrogen-bond acceptors (Lipinski definition) is 4. The normalized spacial score (nSPS) is 13.5. The minimum absolute atomic E-state index is 0.791. The average Bonchev–Trinajstić information content (AvgIpc) is 2.81. The third-order valence-corrected chi connectivity index (χ3v) is 5.89. The van der Waals surface area contributed by atoms with Crippen LogP contribution in [0.15, 0.2) is 61.0 Å². The Balaban J connectivity index is 1.20. The fraction of sp³-hybridized carbons (Fsp3) is 0.333. The summed E-state index contributed by atoms with van der Waals surface area (Å²) in [6.45, 7) is 0.791. The van der Waals surface area contributed by atoms with Crippen molar-refractivity contribution in [1.29, 1.82) is 0 Å². The molecule has 0 fully saturated rings. The van der Waals surface area contributed by atoms with E-state index in [1.165, 1.54) is 58.8 Å². The Kier molecular flexibility index (Phi) is 6.98. The Morgan fingerprint density at radius 3 is 2.61 bits per heavy atom. The molecule has 31 heavy (non-hydrogen) atoms. The van der Waals surface area contributed by atoms with Crippen molar-refractivity contribution in [2.75, 3.05) is 36.2 Å². The molecule has 0 aliphatic carbocycles. The van der Waals surface area contributed by atoms with E-state index in [0.29, 0.717) is 0 Å². The van der Waals surface area contributed by atoms with Crippen LogP contribution < -0.4 is 30.7 Å². The lowest BCUT2D eigenvalue weighted by Crippen LogP contribution is -2.23. The van der Waals surface area contributed by atoms with Gasteiger partial charge in [-0.2, -0.15) is 0 Å². The molecule has 0 atom stereocenters. The van der Waals surface area contributed by atoms with E-state index in [1.54, 1.807) is 0 Å². The van der Waals surface area contributed by atoms with Gasteiger partial charge >= 0.3 is 0 Å². The lowest BCUT2D eigenvalue weighted by molar-refractivity contribution is 0.304.